The summed E-state index contributed by atoms with van der Waals surface area (Å²) in [6, 6.07) is 10.4. The molecule has 1 N–H and O–H groups in total. The van der Waals surface area contributed by atoms with Crippen LogP contribution in [0.25, 0.3) is 0 Å². The van der Waals surface area contributed by atoms with Crippen LogP contribution in [0.5, 0.6) is 0 Å². The maximum atomic E-state index is 11.4. The number of benzene rings is 1. The molecule has 0 saturated carbocycles. The Hall–Kier alpha value is -1.13. The quantitative estimate of drug-likeness (QED) is 0.830. The zero-order chi connectivity index (χ0) is 12.8. The molecule has 0 amide bonds. The third-order valence-electron chi connectivity index (χ3n) is 3.05. The summed E-state index contributed by atoms with van der Waals surface area (Å²) in [4.78, 5) is 17.0. The summed E-state index contributed by atoms with van der Waals surface area (Å²) in [5.74, 6) is 0.0790. The zero-order valence-electron chi connectivity index (χ0n) is 10.2. The fourth-order valence-corrected chi connectivity index (χ4v) is 4.93. The second kappa shape index (κ2) is 4.21. The van der Waals surface area contributed by atoms with E-state index in [9.17, 15) is 4.79 Å². The van der Waals surface area contributed by atoms with Gasteiger partial charge in [-0.2, -0.15) is 0 Å². The van der Waals surface area contributed by atoms with E-state index in [1.54, 1.807) is 6.92 Å². The van der Waals surface area contributed by atoms with Gasteiger partial charge < -0.3 is 4.98 Å². The highest BCUT2D eigenvalue weighted by Crippen LogP contribution is 2.60. The van der Waals surface area contributed by atoms with Crippen LogP contribution in [-0.4, -0.2) is 10.8 Å². The summed E-state index contributed by atoms with van der Waals surface area (Å²) < 4.78 is -0.0477. The molecule has 92 valence electrons. The van der Waals surface area contributed by atoms with Gasteiger partial charge in [-0.05, 0) is 30.7 Å². The number of Topliss-reactive ketones (excluding diaryl/α,β-unsaturated/α-hetero) is 1. The summed E-state index contributed by atoms with van der Waals surface area (Å²) in [6.07, 6.45) is 1.95. The summed E-state index contributed by atoms with van der Waals surface area (Å²) >= 11 is 3.70. The number of aromatic amines is 1. The SMILES string of the molecule is CC(=O)c1cc(C2(C)Sc3ccccc3S2)c[nH]1. The Labute approximate surface area is 115 Å². The highest BCUT2D eigenvalue weighted by Gasteiger charge is 2.37. The molecule has 1 aromatic heterocycles. The molecule has 3 rings (SSSR count). The van der Waals surface area contributed by atoms with Crippen molar-refractivity contribution >= 4 is 29.3 Å². The molecule has 1 aromatic carbocycles. The van der Waals surface area contributed by atoms with Crippen LogP contribution in [0.1, 0.15) is 29.9 Å². The molecule has 2 heterocycles. The molecule has 0 saturated heterocycles. The van der Waals surface area contributed by atoms with Crippen LogP contribution in [0, 0.1) is 0 Å². The van der Waals surface area contributed by atoms with Gasteiger partial charge in [-0.15, -0.1) is 23.5 Å². The summed E-state index contributed by atoms with van der Waals surface area (Å²) in [7, 11) is 0. The molecule has 2 aromatic rings. The predicted octanol–water partition coefficient (Wildman–Crippen LogP) is 4.29. The van der Waals surface area contributed by atoms with Crippen molar-refractivity contribution in [1.29, 1.82) is 0 Å². The number of thioether (sulfide) groups is 2. The number of aromatic nitrogens is 1. The normalized spacial score (nSPS) is 16.6. The molecule has 0 bridgehead atoms. The summed E-state index contributed by atoms with van der Waals surface area (Å²) in [5.41, 5.74) is 1.85. The topological polar surface area (TPSA) is 32.9 Å². The average molecular weight is 275 g/mol. The van der Waals surface area contributed by atoms with Crippen LogP contribution in [0.15, 0.2) is 46.3 Å². The minimum atomic E-state index is -0.0477. The molecule has 0 spiro atoms. The predicted molar refractivity (Wildman–Crippen MR) is 76.3 cm³/mol. The number of rotatable bonds is 2. The van der Waals surface area contributed by atoms with E-state index in [1.165, 1.54) is 15.4 Å². The molecular weight excluding hydrogens is 262 g/mol. The lowest BCUT2D eigenvalue weighted by Gasteiger charge is -2.20. The number of ketones is 1. The van der Waals surface area contributed by atoms with Gasteiger partial charge in [0.25, 0.3) is 0 Å². The lowest BCUT2D eigenvalue weighted by Crippen LogP contribution is -2.06. The Morgan fingerprint density at radius 1 is 1.22 bits per heavy atom. The molecule has 0 fully saturated rings. The maximum absolute atomic E-state index is 11.4. The van der Waals surface area contributed by atoms with Crippen LogP contribution in [-0.2, 0) is 4.08 Å². The van der Waals surface area contributed by atoms with Gasteiger partial charge in [0.2, 0.25) is 0 Å². The largest absolute Gasteiger partial charge is 0.358 e. The van der Waals surface area contributed by atoms with Crippen LogP contribution in [0.2, 0.25) is 0 Å². The van der Waals surface area contributed by atoms with E-state index in [0.717, 1.165) is 0 Å². The molecule has 1 aliphatic rings. The van der Waals surface area contributed by atoms with Crippen molar-refractivity contribution in [3.63, 3.8) is 0 Å². The van der Waals surface area contributed by atoms with E-state index >= 15 is 0 Å². The van der Waals surface area contributed by atoms with Crippen molar-refractivity contribution in [1.82, 2.24) is 4.98 Å². The van der Waals surface area contributed by atoms with Gasteiger partial charge >= 0.3 is 0 Å². The number of hydrogen-bond acceptors (Lipinski definition) is 3. The highest BCUT2D eigenvalue weighted by atomic mass is 32.2. The molecule has 0 atom stereocenters. The third kappa shape index (κ3) is 1.89. The molecule has 4 heteroatoms. The fraction of sp³-hybridized carbons (Fsp3) is 0.214. The molecule has 18 heavy (non-hydrogen) atoms. The van der Waals surface area contributed by atoms with Gasteiger partial charge in [-0.1, -0.05) is 12.1 Å². The monoisotopic (exact) mass is 275 g/mol. The Bertz CT molecular complexity index is 593. The van der Waals surface area contributed by atoms with E-state index in [0.29, 0.717) is 5.69 Å². The first-order chi connectivity index (χ1) is 8.58. The number of carbonyl (C=O) groups is 1. The highest BCUT2D eigenvalue weighted by molar-refractivity contribution is 8.20. The van der Waals surface area contributed by atoms with Gasteiger partial charge in [0, 0.05) is 22.9 Å². The van der Waals surface area contributed by atoms with Crippen LogP contribution < -0.4 is 0 Å². The van der Waals surface area contributed by atoms with Gasteiger partial charge in [-0.25, -0.2) is 0 Å². The summed E-state index contributed by atoms with van der Waals surface area (Å²) in [5, 5.41) is 0. The van der Waals surface area contributed by atoms with Gasteiger partial charge in [0.15, 0.2) is 5.78 Å². The van der Waals surface area contributed by atoms with Crippen LogP contribution in [0.3, 0.4) is 0 Å². The first-order valence-electron chi connectivity index (χ1n) is 5.75. The molecule has 0 aliphatic carbocycles. The first-order valence-corrected chi connectivity index (χ1v) is 7.39. The van der Waals surface area contributed by atoms with Gasteiger partial charge in [0.05, 0.1) is 9.77 Å². The van der Waals surface area contributed by atoms with E-state index in [4.69, 9.17) is 0 Å². The molecular formula is C14H13NOS2. The number of carbonyl (C=O) groups excluding carboxylic acids is 1. The minimum Gasteiger partial charge on any atom is -0.358 e. The smallest absolute Gasteiger partial charge is 0.175 e. The van der Waals surface area contributed by atoms with Gasteiger partial charge in [0.1, 0.15) is 0 Å². The minimum absolute atomic E-state index is 0.0477. The number of hydrogen-bond donors (Lipinski definition) is 1. The molecule has 0 unspecified atom stereocenters. The van der Waals surface area contributed by atoms with E-state index < -0.39 is 0 Å². The number of nitrogens with one attached hydrogen (secondary N) is 1. The standard InChI is InChI=1S/C14H13NOS2/c1-9(16)11-7-10(8-15-11)14(2)17-12-5-3-4-6-13(12)18-14/h3-8,15H,1-2H3. The van der Waals surface area contributed by atoms with E-state index in [-0.39, 0.29) is 9.86 Å². The van der Waals surface area contributed by atoms with Crippen molar-refractivity contribution in [2.24, 2.45) is 0 Å². The van der Waals surface area contributed by atoms with Crippen LogP contribution >= 0.6 is 23.5 Å². The Morgan fingerprint density at radius 2 is 1.83 bits per heavy atom. The Kier molecular flexibility index (Phi) is 2.79. The maximum Gasteiger partial charge on any atom is 0.175 e. The van der Waals surface area contributed by atoms with Crippen molar-refractivity contribution < 1.29 is 4.79 Å². The summed E-state index contributed by atoms with van der Waals surface area (Å²) in [6.45, 7) is 3.79. The second-order valence-electron chi connectivity index (χ2n) is 4.45. The van der Waals surface area contributed by atoms with Crippen LogP contribution in [0.4, 0.5) is 0 Å². The number of H-pyrrole nitrogens is 1. The first kappa shape index (κ1) is 11.9. The zero-order valence-corrected chi connectivity index (χ0v) is 11.8. The van der Waals surface area contributed by atoms with Crippen molar-refractivity contribution in [3.05, 3.63) is 47.8 Å². The van der Waals surface area contributed by atoms with E-state index in [2.05, 4.69) is 36.2 Å². The lowest BCUT2D eigenvalue weighted by molar-refractivity contribution is 0.101. The Morgan fingerprint density at radius 3 is 2.33 bits per heavy atom. The third-order valence-corrected chi connectivity index (χ3v) is 6.08. The molecule has 2 nitrogen and oxygen atoms in total. The lowest BCUT2D eigenvalue weighted by atomic mass is 10.2. The van der Waals surface area contributed by atoms with Crippen molar-refractivity contribution in [2.45, 2.75) is 27.7 Å². The second-order valence-corrected chi connectivity index (χ2v) is 7.63. The Balaban J connectivity index is 1.96. The number of fused-ring (bicyclic) bond motifs is 1. The van der Waals surface area contributed by atoms with Gasteiger partial charge in [-0.3, -0.25) is 4.79 Å². The van der Waals surface area contributed by atoms with E-state index in [1.807, 2.05) is 35.8 Å². The molecule has 0 radical (unpaired) electrons. The average Bonchev–Trinajstić information content (AvgIpc) is 2.92. The fourth-order valence-electron chi connectivity index (χ4n) is 2.04. The molecule has 1 aliphatic heterocycles. The van der Waals surface area contributed by atoms with Crippen molar-refractivity contribution in [2.75, 3.05) is 0 Å². The van der Waals surface area contributed by atoms with Crippen molar-refractivity contribution in [3.8, 4) is 0 Å².